The molecule has 0 fully saturated rings. The van der Waals surface area contributed by atoms with E-state index < -0.39 is 10.0 Å². The van der Waals surface area contributed by atoms with Crippen LogP contribution < -0.4 is 10.0 Å². The van der Waals surface area contributed by atoms with Gasteiger partial charge in [0.2, 0.25) is 0 Å². The summed E-state index contributed by atoms with van der Waals surface area (Å²) in [5.41, 5.74) is 3.01. The molecule has 0 unspecified atom stereocenters. The number of benzene rings is 1. The maximum absolute atomic E-state index is 12.5. The number of aromatic nitrogens is 1. The lowest BCUT2D eigenvalue weighted by Gasteiger charge is -2.14. The second-order valence-corrected chi connectivity index (χ2v) is 6.34. The van der Waals surface area contributed by atoms with Crippen molar-refractivity contribution in [1.29, 1.82) is 0 Å². The van der Waals surface area contributed by atoms with Gasteiger partial charge in [-0.3, -0.25) is 4.72 Å². The molecule has 0 aliphatic rings. The van der Waals surface area contributed by atoms with Gasteiger partial charge in [-0.05, 0) is 50.1 Å². The first-order valence-corrected chi connectivity index (χ1v) is 8.22. The summed E-state index contributed by atoms with van der Waals surface area (Å²) in [5.74, 6) is 0. The first-order valence-electron chi connectivity index (χ1n) is 6.73. The fourth-order valence-corrected chi connectivity index (χ4v) is 3.22. The summed E-state index contributed by atoms with van der Waals surface area (Å²) in [7, 11) is -3.73. The smallest absolute Gasteiger partial charge is 0.281 e. The molecular weight excluding hydrogens is 286 g/mol. The van der Waals surface area contributed by atoms with Crippen LogP contribution in [0.4, 0.5) is 11.4 Å². The monoisotopic (exact) mass is 305 g/mol. The Hall–Kier alpha value is -2.08. The molecule has 2 aromatic rings. The van der Waals surface area contributed by atoms with E-state index in [0.717, 1.165) is 11.1 Å². The Labute approximate surface area is 125 Å². The Kier molecular flexibility index (Phi) is 4.47. The molecule has 2 N–H and O–H groups in total. The van der Waals surface area contributed by atoms with Crippen molar-refractivity contribution < 1.29 is 8.42 Å². The minimum atomic E-state index is -3.73. The van der Waals surface area contributed by atoms with Gasteiger partial charge >= 0.3 is 0 Å². The zero-order chi connectivity index (χ0) is 15.5. The van der Waals surface area contributed by atoms with Gasteiger partial charge in [0.1, 0.15) is 0 Å². The predicted molar refractivity (Wildman–Crippen MR) is 85.1 cm³/mol. The van der Waals surface area contributed by atoms with Gasteiger partial charge in [0.05, 0.1) is 11.4 Å². The molecule has 2 rings (SSSR count). The van der Waals surface area contributed by atoms with Crippen LogP contribution in [0.15, 0.2) is 41.6 Å². The number of anilines is 2. The normalized spacial score (nSPS) is 11.2. The molecule has 0 saturated heterocycles. The van der Waals surface area contributed by atoms with Crippen molar-refractivity contribution in [3.05, 3.63) is 47.7 Å². The summed E-state index contributed by atoms with van der Waals surface area (Å²) in [4.78, 5) is 4.00. The topological polar surface area (TPSA) is 71.1 Å². The van der Waals surface area contributed by atoms with Crippen LogP contribution in [0, 0.1) is 13.8 Å². The second-order valence-electron chi connectivity index (χ2n) is 4.74. The predicted octanol–water partition coefficient (Wildman–Crippen LogP) is 2.93. The Morgan fingerprint density at radius 1 is 1.10 bits per heavy atom. The molecule has 0 aliphatic heterocycles. The van der Waals surface area contributed by atoms with E-state index in [1.165, 1.54) is 6.20 Å². The van der Waals surface area contributed by atoms with Crippen LogP contribution in [0.2, 0.25) is 0 Å². The van der Waals surface area contributed by atoms with Crippen molar-refractivity contribution in [2.24, 2.45) is 0 Å². The zero-order valence-electron chi connectivity index (χ0n) is 12.3. The molecule has 1 aromatic heterocycles. The van der Waals surface area contributed by atoms with Gasteiger partial charge in [-0.15, -0.1) is 0 Å². The minimum absolute atomic E-state index is 0.00718. The molecule has 6 heteroatoms. The third kappa shape index (κ3) is 3.33. The van der Waals surface area contributed by atoms with Gasteiger partial charge in [0, 0.05) is 12.7 Å². The first kappa shape index (κ1) is 15.3. The van der Waals surface area contributed by atoms with Crippen LogP contribution in [-0.2, 0) is 10.0 Å². The summed E-state index contributed by atoms with van der Waals surface area (Å²) in [6, 6.07) is 8.92. The van der Waals surface area contributed by atoms with Crippen molar-refractivity contribution in [2.45, 2.75) is 25.8 Å². The highest BCUT2D eigenvalue weighted by Gasteiger charge is 2.20. The molecule has 0 aliphatic carbocycles. The molecular formula is C15H19N3O2S. The molecule has 1 heterocycles. The van der Waals surface area contributed by atoms with Crippen LogP contribution in [0.5, 0.6) is 0 Å². The van der Waals surface area contributed by atoms with Crippen LogP contribution in [-0.4, -0.2) is 19.9 Å². The second kappa shape index (κ2) is 6.13. The molecule has 0 atom stereocenters. The molecule has 112 valence electrons. The lowest BCUT2D eigenvalue weighted by atomic mass is 10.1. The summed E-state index contributed by atoms with van der Waals surface area (Å²) in [5, 5.41) is 3.02. The van der Waals surface area contributed by atoms with Gasteiger partial charge < -0.3 is 5.32 Å². The number of nitrogens with one attached hydrogen (secondary N) is 2. The third-order valence-corrected chi connectivity index (χ3v) is 4.56. The van der Waals surface area contributed by atoms with Gasteiger partial charge in [-0.2, -0.15) is 8.42 Å². The van der Waals surface area contributed by atoms with E-state index in [0.29, 0.717) is 17.9 Å². The number of nitrogens with zero attached hydrogens (tertiary/aromatic N) is 1. The van der Waals surface area contributed by atoms with Crippen molar-refractivity contribution in [3.8, 4) is 0 Å². The number of pyridine rings is 1. The van der Waals surface area contributed by atoms with E-state index in [-0.39, 0.29) is 5.03 Å². The molecule has 1 aromatic carbocycles. The van der Waals surface area contributed by atoms with Gasteiger partial charge in [0.25, 0.3) is 10.0 Å². The molecule has 0 spiro atoms. The molecule has 0 amide bonds. The number of hydrogen-bond acceptors (Lipinski definition) is 4. The van der Waals surface area contributed by atoms with E-state index in [2.05, 4.69) is 15.0 Å². The lowest BCUT2D eigenvalue weighted by Crippen LogP contribution is -2.17. The van der Waals surface area contributed by atoms with Crippen molar-refractivity contribution >= 4 is 21.4 Å². The Morgan fingerprint density at radius 2 is 1.81 bits per heavy atom. The lowest BCUT2D eigenvalue weighted by molar-refractivity contribution is 0.598. The van der Waals surface area contributed by atoms with E-state index in [4.69, 9.17) is 0 Å². The quantitative estimate of drug-likeness (QED) is 0.891. The van der Waals surface area contributed by atoms with Crippen molar-refractivity contribution in [2.75, 3.05) is 16.6 Å². The van der Waals surface area contributed by atoms with Gasteiger partial charge in [-0.1, -0.05) is 12.1 Å². The highest BCUT2D eigenvalue weighted by molar-refractivity contribution is 7.92. The van der Waals surface area contributed by atoms with Crippen molar-refractivity contribution in [1.82, 2.24) is 4.98 Å². The number of aryl methyl sites for hydroxylation is 1. The van der Waals surface area contributed by atoms with Crippen LogP contribution in [0.3, 0.4) is 0 Å². The zero-order valence-corrected chi connectivity index (χ0v) is 13.2. The Morgan fingerprint density at radius 3 is 2.52 bits per heavy atom. The average Bonchev–Trinajstić information content (AvgIpc) is 2.44. The summed E-state index contributed by atoms with van der Waals surface area (Å²) >= 11 is 0. The Bertz CT molecular complexity index is 742. The average molecular weight is 305 g/mol. The fourth-order valence-electron chi connectivity index (χ4n) is 1.98. The number of hydrogen-bond donors (Lipinski definition) is 2. The fraction of sp³-hybridized carbons (Fsp3) is 0.267. The summed E-state index contributed by atoms with van der Waals surface area (Å²) in [6.45, 7) is 6.36. The van der Waals surface area contributed by atoms with E-state index in [1.807, 2.05) is 32.9 Å². The molecule has 0 bridgehead atoms. The highest BCUT2D eigenvalue weighted by atomic mass is 32.2. The van der Waals surface area contributed by atoms with E-state index in [1.54, 1.807) is 18.2 Å². The van der Waals surface area contributed by atoms with Crippen LogP contribution in [0.25, 0.3) is 0 Å². The third-order valence-electron chi connectivity index (χ3n) is 3.24. The standard InChI is InChI=1S/C15H19N3O2S/c1-4-16-14-9-6-10-17-15(14)21(19,20)18-13-8-5-7-11(2)12(13)3/h5-10,16,18H,4H2,1-3H3. The minimum Gasteiger partial charge on any atom is -0.383 e. The SMILES string of the molecule is CCNc1cccnc1S(=O)(=O)Nc1cccc(C)c1C. The van der Waals surface area contributed by atoms with Crippen LogP contribution >= 0.6 is 0 Å². The Balaban J connectivity index is 2.41. The van der Waals surface area contributed by atoms with Crippen LogP contribution in [0.1, 0.15) is 18.1 Å². The first-order chi connectivity index (χ1) is 9.95. The van der Waals surface area contributed by atoms with E-state index in [9.17, 15) is 8.42 Å². The largest absolute Gasteiger partial charge is 0.383 e. The molecule has 0 radical (unpaired) electrons. The molecule has 5 nitrogen and oxygen atoms in total. The van der Waals surface area contributed by atoms with Gasteiger partial charge in [0.15, 0.2) is 5.03 Å². The number of sulfonamides is 1. The maximum Gasteiger partial charge on any atom is 0.281 e. The van der Waals surface area contributed by atoms with Gasteiger partial charge in [-0.25, -0.2) is 4.98 Å². The molecule has 21 heavy (non-hydrogen) atoms. The maximum atomic E-state index is 12.5. The van der Waals surface area contributed by atoms with Crippen molar-refractivity contribution in [3.63, 3.8) is 0 Å². The number of rotatable bonds is 5. The summed E-state index contributed by atoms with van der Waals surface area (Å²) < 4.78 is 27.7. The summed E-state index contributed by atoms with van der Waals surface area (Å²) in [6.07, 6.45) is 1.47. The molecule has 0 saturated carbocycles. The highest BCUT2D eigenvalue weighted by Crippen LogP contribution is 2.24. The van der Waals surface area contributed by atoms with E-state index >= 15 is 0 Å².